The summed E-state index contributed by atoms with van der Waals surface area (Å²) >= 11 is 0. The number of ether oxygens (including phenoxy) is 2. The topological polar surface area (TPSA) is 67.8 Å². The van der Waals surface area contributed by atoms with Crippen LogP contribution in [-0.4, -0.2) is 37.4 Å². The van der Waals surface area contributed by atoms with Crippen molar-refractivity contribution in [3.05, 3.63) is 59.3 Å². The van der Waals surface area contributed by atoms with E-state index in [1.807, 2.05) is 31.2 Å². The number of benzene rings is 1. The van der Waals surface area contributed by atoms with Crippen LogP contribution in [-0.2, 0) is 24.4 Å². The van der Waals surface area contributed by atoms with Gasteiger partial charge in [-0.25, -0.2) is 9.98 Å². The van der Waals surface area contributed by atoms with Crippen LogP contribution in [0.5, 0.6) is 5.88 Å². The Morgan fingerprint density at radius 1 is 1.10 bits per heavy atom. The smallest absolute Gasteiger partial charge is 0.411 e. The fourth-order valence-electron chi connectivity index (χ4n) is 2.46. The van der Waals surface area contributed by atoms with Crippen molar-refractivity contribution in [3.8, 4) is 5.88 Å². The summed E-state index contributed by atoms with van der Waals surface area (Å²) in [5.41, 5.74) is 2.51. The molecule has 1 aromatic carbocycles. The monoisotopic (exact) mass is 410 g/mol. The van der Waals surface area contributed by atoms with Gasteiger partial charge < -0.3 is 20.1 Å². The van der Waals surface area contributed by atoms with Crippen molar-refractivity contribution in [1.29, 1.82) is 0 Å². The maximum atomic E-state index is 12.1. The Kier molecular flexibility index (Phi) is 8.72. The zero-order chi connectivity index (χ0) is 21.1. The summed E-state index contributed by atoms with van der Waals surface area (Å²) in [5.74, 6) is 1.19. The fraction of sp³-hybridized carbons (Fsp3) is 0.400. The first-order valence-electron chi connectivity index (χ1n) is 9.13. The molecule has 158 valence electrons. The summed E-state index contributed by atoms with van der Waals surface area (Å²) in [4.78, 5) is 8.69. The zero-order valence-electron chi connectivity index (χ0n) is 16.4. The highest BCUT2D eigenvalue weighted by molar-refractivity contribution is 5.79. The Morgan fingerprint density at radius 3 is 2.48 bits per heavy atom. The lowest BCUT2D eigenvalue weighted by atomic mass is 10.1. The Hall–Kier alpha value is -2.81. The van der Waals surface area contributed by atoms with Gasteiger partial charge in [-0.05, 0) is 24.1 Å². The highest BCUT2D eigenvalue weighted by Crippen LogP contribution is 2.16. The third-order valence-corrected chi connectivity index (χ3v) is 3.81. The quantitative estimate of drug-likeness (QED) is 0.490. The van der Waals surface area contributed by atoms with Crippen LogP contribution in [0.4, 0.5) is 13.2 Å². The van der Waals surface area contributed by atoms with Gasteiger partial charge >= 0.3 is 6.18 Å². The van der Waals surface area contributed by atoms with Crippen LogP contribution in [0.2, 0.25) is 0 Å². The molecule has 6 nitrogen and oxygen atoms in total. The van der Waals surface area contributed by atoms with Crippen LogP contribution in [0.3, 0.4) is 0 Å². The number of pyridine rings is 1. The van der Waals surface area contributed by atoms with E-state index in [-0.39, 0.29) is 6.61 Å². The van der Waals surface area contributed by atoms with Crippen molar-refractivity contribution in [1.82, 2.24) is 15.6 Å². The van der Waals surface area contributed by atoms with Gasteiger partial charge in [0.25, 0.3) is 0 Å². The van der Waals surface area contributed by atoms with Crippen molar-refractivity contribution in [2.24, 2.45) is 4.99 Å². The molecule has 0 amide bonds. The van der Waals surface area contributed by atoms with Gasteiger partial charge in [-0.15, -0.1) is 0 Å². The Bertz CT molecular complexity index is 780. The highest BCUT2D eigenvalue weighted by Gasteiger charge is 2.27. The molecule has 2 rings (SSSR count). The van der Waals surface area contributed by atoms with E-state index in [2.05, 4.69) is 25.3 Å². The fourth-order valence-corrected chi connectivity index (χ4v) is 2.46. The molecular weight excluding hydrogens is 385 g/mol. The van der Waals surface area contributed by atoms with Gasteiger partial charge in [-0.2, -0.15) is 13.2 Å². The number of aromatic nitrogens is 1. The molecule has 0 radical (unpaired) electrons. The molecule has 29 heavy (non-hydrogen) atoms. The van der Waals surface area contributed by atoms with Gasteiger partial charge in [0.15, 0.2) is 5.96 Å². The first-order chi connectivity index (χ1) is 13.9. The normalized spacial score (nSPS) is 12.0. The first-order valence-corrected chi connectivity index (χ1v) is 9.13. The third-order valence-electron chi connectivity index (χ3n) is 3.81. The summed E-state index contributed by atoms with van der Waals surface area (Å²) in [5, 5.41) is 6.39. The molecular formula is C20H25F3N4O2. The van der Waals surface area contributed by atoms with Crippen LogP contribution in [0.1, 0.15) is 23.6 Å². The van der Waals surface area contributed by atoms with Gasteiger partial charge in [0.2, 0.25) is 5.88 Å². The first kappa shape index (κ1) is 22.5. The summed E-state index contributed by atoms with van der Waals surface area (Å²) in [6.45, 7) is 2.25. The molecule has 0 aliphatic heterocycles. The maximum absolute atomic E-state index is 12.1. The average Bonchev–Trinajstić information content (AvgIpc) is 2.70. The largest absolute Gasteiger partial charge is 0.481 e. The molecule has 1 aromatic heterocycles. The van der Waals surface area contributed by atoms with Gasteiger partial charge in [-0.3, -0.25) is 0 Å². The average molecular weight is 410 g/mol. The number of aliphatic imine (C=N–C) groups is 1. The van der Waals surface area contributed by atoms with Crippen LogP contribution < -0.4 is 15.4 Å². The Balaban J connectivity index is 1.90. The van der Waals surface area contributed by atoms with E-state index in [9.17, 15) is 13.2 Å². The molecule has 0 aliphatic carbocycles. The second kappa shape index (κ2) is 11.3. The zero-order valence-corrected chi connectivity index (χ0v) is 16.4. The maximum Gasteiger partial charge on any atom is 0.411 e. The lowest BCUT2D eigenvalue weighted by Gasteiger charge is -2.13. The van der Waals surface area contributed by atoms with E-state index in [4.69, 9.17) is 4.74 Å². The van der Waals surface area contributed by atoms with Gasteiger partial charge in [0.1, 0.15) is 6.61 Å². The summed E-state index contributed by atoms with van der Waals surface area (Å²) < 4.78 is 46.2. The molecule has 9 heteroatoms. The van der Waals surface area contributed by atoms with E-state index in [1.54, 1.807) is 25.4 Å². The van der Waals surface area contributed by atoms with E-state index >= 15 is 0 Å². The van der Waals surface area contributed by atoms with Gasteiger partial charge in [0, 0.05) is 24.8 Å². The molecule has 0 saturated heterocycles. The summed E-state index contributed by atoms with van der Waals surface area (Å²) in [7, 11) is 1.57. The predicted molar refractivity (Wildman–Crippen MR) is 105 cm³/mol. The molecule has 2 aromatic rings. The van der Waals surface area contributed by atoms with E-state index in [1.165, 1.54) is 0 Å². The number of hydrogen-bond acceptors (Lipinski definition) is 4. The van der Waals surface area contributed by atoms with Gasteiger partial charge in [0.05, 0.1) is 20.3 Å². The molecule has 2 N–H and O–H groups in total. The van der Waals surface area contributed by atoms with Crippen LogP contribution >= 0.6 is 0 Å². The second-order valence-corrected chi connectivity index (χ2v) is 6.14. The van der Waals surface area contributed by atoms with Crippen LogP contribution in [0.15, 0.2) is 47.6 Å². The summed E-state index contributed by atoms with van der Waals surface area (Å²) in [6.07, 6.45) is -2.65. The second-order valence-electron chi connectivity index (χ2n) is 6.14. The van der Waals surface area contributed by atoms with Crippen molar-refractivity contribution in [2.75, 3.05) is 20.3 Å². The number of alkyl halides is 3. The molecule has 0 aliphatic rings. The standard InChI is InChI=1S/C20H25F3N4O2/c1-3-24-19(27-12-17-5-4-10-25-18(17)28-2)26-11-15-6-8-16(9-7-15)13-29-14-20(21,22)23/h4-10H,3,11-14H2,1-2H3,(H2,24,26,27). The molecule has 0 spiro atoms. The van der Waals surface area contributed by atoms with Crippen molar-refractivity contribution in [2.45, 2.75) is 32.8 Å². The van der Waals surface area contributed by atoms with Crippen LogP contribution in [0.25, 0.3) is 0 Å². The number of nitrogens with one attached hydrogen (secondary N) is 2. The van der Waals surface area contributed by atoms with Crippen molar-refractivity contribution in [3.63, 3.8) is 0 Å². The lowest BCUT2D eigenvalue weighted by molar-refractivity contribution is -0.176. The molecule has 0 saturated carbocycles. The number of guanidine groups is 1. The van der Waals surface area contributed by atoms with E-state index in [0.717, 1.165) is 11.1 Å². The van der Waals surface area contributed by atoms with E-state index < -0.39 is 12.8 Å². The Labute approximate surface area is 168 Å². The summed E-state index contributed by atoms with van der Waals surface area (Å²) in [6, 6.07) is 10.9. The Morgan fingerprint density at radius 2 is 1.83 bits per heavy atom. The predicted octanol–water partition coefficient (Wildman–Crippen LogP) is 3.42. The number of methoxy groups -OCH3 is 1. The minimum Gasteiger partial charge on any atom is -0.481 e. The van der Waals surface area contributed by atoms with Crippen LogP contribution in [0, 0.1) is 0 Å². The molecule has 0 fully saturated rings. The number of rotatable bonds is 9. The van der Waals surface area contributed by atoms with Gasteiger partial charge in [-0.1, -0.05) is 30.3 Å². The van der Waals surface area contributed by atoms with Crippen molar-refractivity contribution < 1.29 is 22.6 Å². The molecule has 0 unspecified atom stereocenters. The SMILES string of the molecule is CCNC(=NCc1ccc(COCC(F)(F)F)cc1)NCc1cccnc1OC. The number of hydrogen-bond donors (Lipinski definition) is 2. The number of nitrogens with zero attached hydrogens (tertiary/aromatic N) is 2. The highest BCUT2D eigenvalue weighted by atomic mass is 19.4. The lowest BCUT2D eigenvalue weighted by Crippen LogP contribution is -2.36. The molecule has 0 bridgehead atoms. The minimum absolute atomic E-state index is 0.0831. The van der Waals surface area contributed by atoms with Crippen molar-refractivity contribution >= 4 is 5.96 Å². The minimum atomic E-state index is -4.32. The molecule has 1 heterocycles. The molecule has 0 atom stereocenters. The number of halogens is 3. The third kappa shape index (κ3) is 8.39. The van der Waals surface area contributed by atoms with E-state index in [0.29, 0.717) is 37.0 Å².